The van der Waals surface area contributed by atoms with E-state index < -0.39 is 12.0 Å². The lowest BCUT2D eigenvalue weighted by molar-refractivity contribution is 0.0696. The number of carboxylic acid groups (broad SMARTS) is 1. The summed E-state index contributed by atoms with van der Waals surface area (Å²) in [6, 6.07) is 0.806. The molecule has 1 rings (SSSR count). The maximum absolute atomic E-state index is 11.9. The van der Waals surface area contributed by atoms with Gasteiger partial charge in [-0.05, 0) is 18.9 Å². The Morgan fingerprint density at radius 1 is 1.38 bits per heavy atom. The monoisotopic (exact) mass is 295 g/mol. The summed E-state index contributed by atoms with van der Waals surface area (Å²) in [5.74, 6) is -0.881. The SMILES string of the molecule is CCOCC(NC(=O)Nc1cncc(C(=O)O)c1)C(C)C. The zero-order valence-corrected chi connectivity index (χ0v) is 12.4. The van der Waals surface area contributed by atoms with E-state index in [9.17, 15) is 9.59 Å². The average molecular weight is 295 g/mol. The van der Waals surface area contributed by atoms with E-state index in [4.69, 9.17) is 9.84 Å². The summed E-state index contributed by atoms with van der Waals surface area (Å²) in [7, 11) is 0. The summed E-state index contributed by atoms with van der Waals surface area (Å²) in [6.07, 6.45) is 2.61. The second-order valence-electron chi connectivity index (χ2n) is 4.88. The molecule has 0 radical (unpaired) electrons. The number of carbonyl (C=O) groups is 2. The van der Waals surface area contributed by atoms with Gasteiger partial charge < -0.3 is 20.5 Å². The van der Waals surface area contributed by atoms with E-state index in [1.807, 2.05) is 20.8 Å². The largest absolute Gasteiger partial charge is 0.478 e. The number of urea groups is 1. The third-order valence-electron chi connectivity index (χ3n) is 2.87. The van der Waals surface area contributed by atoms with Gasteiger partial charge in [0.15, 0.2) is 0 Å². The summed E-state index contributed by atoms with van der Waals surface area (Å²) >= 11 is 0. The molecule has 7 heteroatoms. The number of anilines is 1. The molecule has 0 aliphatic carbocycles. The predicted octanol–water partition coefficient (Wildman–Crippen LogP) is 1.96. The van der Waals surface area contributed by atoms with Crippen LogP contribution in [0.2, 0.25) is 0 Å². The first-order valence-electron chi connectivity index (χ1n) is 6.77. The number of nitrogens with one attached hydrogen (secondary N) is 2. The van der Waals surface area contributed by atoms with Gasteiger partial charge in [-0.25, -0.2) is 9.59 Å². The van der Waals surface area contributed by atoms with Crippen molar-refractivity contribution in [3.63, 3.8) is 0 Å². The van der Waals surface area contributed by atoms with Crippen molar-refractivity contribution in [3.05, 3.63) is 24.0 Å². The molecule has 0 bridgehead atoms. The number of amides is 2. The number of hydrogen-bond acceptors (Lipinski definition) is 4. The van der Waals surface area contributed by atoms with E-state index in [-0.39, 0.29) is 17.5 Å². The van der Waals surface area contributed by atoms with Crippen molar-refractivity contribution in [1.82, 2.24) is 10.3 Å². The molecule has 21 heavy (non-hydrogen) atoms. The number of carbonyl (C=O) groups excluding carboxylic acids is 1. The average Bonchev–Trinajstić information content (AvgIpc) is 2.43. The number of carboxylic acids is 1. The Hall–Kier alpha value is -2.15. The maximum Gasteiger partial charge on any atom is 0.337 e. The lowest BCUT2D eigenvalue weighted by atomic mass is 10.1. The summed E-state index contributed by atoms with van der Waals surface area (Å²) in [5.41, 5.74) is 0.342. The molecule has 116 valence electrons. The van der Waals surface area contributed by atoms with Crippen LogP contribution in [0.4, 0.5) is 10.5 Å². The Labute approximate surface area is 123 Å². The van der Waals surface area contributed by atoms with Crippen molar-refractivity contribution >= 4 is 17.7 Å². The number of nitrogens with zero attached hydrogens (tertiary/aromatic N) is 1. The van der Waals surface area contributed by atoms with Crippen LogP contribution in [0.1, 0.15) is 31.1 Å². The predicted molar refractivity (Wildman–Crippen MR) is 78.5 cm³/mol. The molecule has 2 amide bonds. The van der Waals surface area contributed by atoms with Gasteiger partial charge in [-0.1, -0.05) is 13.8 Å². The summed E-state index contributed by atoms with van der Waals surface area (Å²) in [5, 5.41) is 14.2. The van der Waals surface area contributed by atoms with Crippen molar-refractivity contribution in [1.29, 1.82) is 0 Å². The Morgan fingerprint density at radius 3 is 2.67 bits per heavy atom. The molecule has 0 aromatic carbocycles. The number of ether oxygens (including phenoxy) is 1. The fourth-order valence-corrected chi connectivity index (χ4v) is 1.61. The molecule has 0 aliphatic heterocycles. The van der Waals surface area contributed by atoms with E-state index in [0.717, 1.165) is 0 Å². The molecule has 0 spiro atoms. The number of aromatic carboxylic acids is 1. The molecule has 1 atom stereocenters. The van der Waals surface area contributed by atoms with E-state index in [1.165, 1.54) is 18.5 Å². The van der Waals surface area contributed by atoms with Crippen LogP contribution in [0.5, 0.6) is 0 Å². The molecule has 1 unspecified atom stereocenters. The van der Waals surface area contributed by atoms with Gasteiger partial charge in [0.05, 0.1) is 30.1 Å². The normalized spacial score (nSPS) is 12.0. The van der Waals surface area contributed by atoms with Gasteiger partial charge in [-0.15, -0.1) is 0 Å². The molecular formula is C14H21N3O4. The van der Waals surface area contributed by atoms with Gasteiger partial charge in [0, 0.05) is 12.8 Å². The van der Waals surface area contributed by atoms with Crippen molar-refractivity contribution in [2.24, 2.45) is 5.92 Å². The fraction of sp³-hybridized carbons (Fsp3) is 0.500. The van der Waals surface area contributed by atoms with Crippen molar-refractivity contribution < 1.29 is 19.4 Å². The van der Waals surface area contributed by atoms with E-state index in [2.05, 4.69) is 15.6 Å². The second kappa shape index (κ2) is 8.21. The third-order valence-corrected chi connectivity index (χ3v) is 2.87. The van der Waals surface area contributed by atoms with Crippen LogP contribution >= 0.6 is 0 Å². The van der Waals surface area contributed by atoms with E-state index in [0.29, 0.717) is 18.9 Å². The molecule has 1 aromatic rings. The van der Waals surface area contributed by atoms with E-state index >= 15 is 0 Å². The molecule has 3 N–H and O–H groups in total. The quantitative estimate of drug-likeness (QED) is 0.714. The van der Waals surface area contributed by atoms with Gasteiger partial charge in [0.2, 0.25) is 0 Å². The van der Waals surface area contributed by atoms with Crippen molar-refractivity contribution in [2.45, 2.75) is 26.8 Å². The lowest BCUT2D eigenvalue weighted by Crippen LogP contribution is -2.44. The highest BCUT2D eigenvalue weighted by Crippen LogP contribution is 2.09. The van der Waals surface area contributed by atoms with Crippen LogP contribution < -0.4 is 10.6 Å². The minimum Gasteiger partial charge on any atom is -0.478 e. The standard InChI is InChI=1S/C14H21N3O4/c1-4-21-8-12(9(2)3)17-14(20)16-11-5-10(13(18)19)6-15-7-11/h5-7,9,12H,4,8H2,1-3H3,(H,18,19)(H2,16,17,20). The highest BCUT2D eigenvalue weighted by atomic mass is 16.5. The number of hydrogen-bond donors (Lipinski definition) is 3. The Morgan fingerprint density at radius 2 is 2.10 bits per heavy atom. The molecule has 1 aromatic heterocycles. The zero-order valence-electron chi connectivity index (χ0n) is 12.4. The first-order chi connectivity index (χ1) is 9.93. The second-order valence-corrected chi connectivity index (χ2v) is 4.88. The van der Waals surface area contributed by atoms with Gasteiger partial charge in [0.25, 0.3) is 0 Å². The fourth-order valence-electron chi connectivity index (χ4n) is 1.61. The smallest absolute Gasteiger partial charge is 0.337 e. The highest BCUT2D eigenvalue weighted by molar-refractivity contribution is 5.92. The maximum atomic E-state index is 11.9. The van der Waals surface area contributed by atoms with Crippen LogP contribution in [0, 0.1) is 5.92 Å². The molecule has 1 heterocycles. The Balaban J connectivity index is 2.63. The van der Waals surface area contributed by atoms with Gasteiger partial charge in [-0.2, -0.15) is 0 Å². The Kier molecular flexibility index (Phi) is 6.61. The number of aromatic nitrogens is 1. The minimum absolute atomic E-state index is 0.0162. The van der Waals surface area contributed by atoms with Crippen LogP contribution in [0.3, 0.4) is 0 Å². The molecule has 0 fully saturated rings. The van der Waals surface area contributed by atoms with E-state index in [1.54, 1.807) is 0 Å². The van der Waals surface area contributed by atoms with Crippen LogP contribution in [0.15, 0.2) is 18.5 Å². The minimum atomic E-state index is -1.09. The van der Waals surface area contributed by atoms with Crippen molar-refractivity contribution in [2.75, 3.05) is 18.5 Å². The van der Waals surface area contributed by atoms with Crippen LogP contribution in [0.25, 0.3) is 0 Å². The number of rotatable bonds is 7. The molecular weight excluding hydrogens is 274 g/mol. The van der Waals surface area contributed by atoms with Crippen molar-refractivity contribution in [3.8, 4) is 0 Å². The zero-order chi connectivity index (χ0) is 15.8. The topological polar surface area (TPSA) is 101 Å². The Bertz CT molecular complexity index is 491. The lowest BCUT2D eigenvalue weighted by Gasteiger charge is -2.22. The van der Waals surface area contributed by atoms with Gasteiger partial charge >= 0.3 is 12.0 Å². The molecule has 0 aliphatic rings. The highest BCUT2D eigenvalue weighted by Gasteiger charge is 2.16. The third kappa shape index (κ3) is 5.78. The summed E-state index contributed by atoms with van der Waals surface area (Å²) in [4.78, 5) is 26.5. The summed E-state index contributed by atoms with van der Waals surface area (Å²) in [6.45, 7) is 6.86. The van der Waals surface area contributed by atoms with Crippen LogP contribution in [-0.2, 0) is 4.74 Å². The molecule has 0 saturated carbocycles. The summed E-state index contributed by atoms with van der Waals surface area (Å²) < 4.78 is 5.33. The number of pyridine rings is 1. The first kappa shape index (κ1) is 16.9. The molecule has 0 saturated heterocycles. The first-order valence-corrected chi connectivity index (χ1v) is 6.77. The van der Waals surface area contributed by atoms with Gasteiger partial charge in [-0.3, -0.25) is 4.98 Å². The molecule has 7 nitrogen and oxygen atoms in total. The van der Waals surface area contributed by atoms with Gasteiger partial charge in [0.1, 0.15) is 0 Å². The van der Waals surface area contributed by atoms with Crippen LogP contribution in [-0.4, -0.2) is 41.3 Å².